The van der Waals surface area contributed by atoms with Gasteiger partial charge in [-0.3, -0.25) is 13.6 Å². The van der Waals surface area contributed by atoms with Crippen LogP contribution >= 0.6 is 0 Å². The largest absolute Gasteiger partial charge is 0.494 e. The van der Waals surface area contributed by atoms with Crippen molar-refractivity contribution in [3.63, 3.8) is 0 Å². The zero-order valence-corrected chi connectivity index (χ0v) is 24.9. The van der Waals surface area contributed by atoms with Crippen molar-refractivity contribution in [2.45, 2.75) is 39.0 Å². The number of nitrogens with zero attached hydrogens (tertiary/aromatic N) is 6. The Kier molecular flexibility index (Phi) is 8.63. The van der Waals surface area contributed by atoms with Gasteiger partial charge in [0.05, 0.1) is 19.0 Å². The van der Waals surface area contributed by atoms with Crippen molar-refractivity contribution in [1.82, 2.24) is 34.3 Å². The molecule has 6 aromatic rings. The van der Waals surface area contributed by atoms with Crippen LogP contribution in [0.25, 0.3) is 22.6 Å². The van der Waals surface area contributed by atoms with E-state index >= 15 is 0 Å². The maximum Gasteiger partial charge on any atom is 0.251 e. The number of nitrogens with one attached hydrogen (secondary N) is 2. The molecule has 0 unspecified atom stereocenters. The molecule has 4 heterocycles. The Morgan fingerprint density at radius 1 is 0.956 bits per heavy atom. The summed E-state index contributed by atoms with van der Waals surface area (Å²) in [7, 11) is 1.28. The van der Waals surface area contributed by atoms with Gasteiger partial charge in [-0.15, -0.1) is 10.2 Å². The Morgan fingerprint density at radius 2 is 1.84 bits per heavy atom. The van der Waals surface area contributed by atoms with E-state index in [9.17, 15) is 13.6 Å². The van der Waals surface area contributed by atoms with E-state index in [2.05, 4.69) is 30.8 Å². The number of pyridine rings is 1. The number of rotatable bonds is 12. The lowest BCUT2D eigenvalue weighted by Crippen LogP contribution is -2.25. The third-order valence-electron chi connectivity index (χ3n) is 7.71. The summed E-state index contributed by atoms with van der Waals surface area (Å²) in [5.41, 5.74) is 3.90. The number of aromatic nitrogens is 6. The SMILES string of the molecule is CCc1cc(Nc2nccn3c(-c4ccc(OC)c(F)c4F)cnc23)ccc1C(=O)NCCCCCc1nnc2ccccn12. The van der Waals surface area contributed by atoms with Gasteiger partial charge in [0.25, 0.3) is 5.91 Å². The monoisotopic (exact) mass is 610 g/mol. The van der Waals surface area contributed by atoms with E-state index in [4.69, 9.17) is 4.74 Å². The van der Waals surface area contributed by atoms with Crippen LogP contribution in [0.1, 0.15) is 47.9 Å². The fourth-order valence-corrected chi connectivity index (χ4v) is 5.36. The van der Waals surface area contributed by atoms with E-state index < -0.39 is 11.6 Å². The lowest BCUT2D eigenvalue weighted by Gasteiger charge is -2.13. The number of methoxy groups -OCH3 is 1. The number of imidazole rings is 1. The van der Waals surface area contributed by atoms with Gasteiger partial charge in [-0.05, 0) is 67.3 Å². The molecular formula is C33H32F2N8O2. The highest BCUT2D eigenvalue weighted by Crippen LogP contribution is 2.31. The van der Waals surface area contributed by atoms with Crippen LogP contribution in [0.5, 0.6) is 5.75 Å². The molecule has 0 saturated carbocycles. The summed E-state index contributed by atoms with van der Waals surface area (Å²) in [6.45, 7) is 2.57. The highest BCUT2D eigenvalue weighted by Gasteiger charge is 2.19. The number of anilines is 2. The molecule has 0 atom stereocenters. The predicted molar refractivity (Wildman–Crippen MR) is 167 cm³/mol. The molecule has 0 spiro atoms. The molecule has 230 valence electrons. The average Bonchev–Trinajstić information content (AvgIpc) is 3.69. The van der Waals surface area contributed by atoms with E-state index in [1.165, 1.54) is 25.4 Å². The maximum absolute atomic E-state index is 14.8. The second-order valence-corrected chi connectivity index (χ2v) is 10.5. The minimum absolute atomic E-state index is 0.0468. The van der Waals surface area contributed by atoms with Crippen molar-refractivity contribution in [2.24, 2.45) is 0 Å². The summed E-state index contributed by atoms with van der Waals surface area (Å²) < 4.78 is 37.8. The number of halogens is 2. The molecule has 0 bridgehead atoms. The highest BCUT2D eigenvalue weighted by atomic mass is 19.2. The quantitative estimate of drug-likeness (QED) is 0.159. The average molecular weight is 611 g/mol. The molecule has 10 nitrogen and oxygen atoms in total. The molecule has 0 aliphatic heterocycles. The van der Waals surface area contributed by atoms with Crippen LogP contribution in [-0.4, -0.2) is 48.5 Å². The summed E-state index contributed by atoms with van der Waals surface area (Å²) in [4.78, 5) is 21.9. The number of amides is 1. The van der Waals surface area contributed by atoms with Gasteiger partial charge in [0.2, 0.25) is 5.82 Å². The lowest BCUT2D eigenvalue weighted by molar-refractivity contribution is 0.0952. The van der Waals surface area contributed by atoms with Crippen molar-refractivity contribution in [3.05, 3.63) is 102 Å². The van der Waals surface area contributed by atoms with Crippen LogP contribution in [-0.2, 0) is 12.8 Å². The third kappa shape index (κ3) is 6.03. The number of carbonyl (C=O) groups is 1. The van der Waals surface area contributed by atoms with E-state index in [-0.39, 0.29) is 17.2 Å². The first-order valence-corrected chi connectivity index (χ1v) is 14.8. The Hall–Kier alpha value is -5.39. The summed E-state index contributed by atoms with van der Waals surface area (Å²) >= 11 is 0. The number of benzene rings is 2. The van der Waals surface area contributed by atoms with Gasteiger partial charge in [-0.2, -0.15) is 4.39 Å². The van der Waals surface area contributed by atoms with Gasteiger partial charge in [0.1, 0.15) is 5.82 Å². The molecule has 2 aromatic carbocycles. The fraction of sp³-hybridized carbons (Fsp3) is 0.242. The minimum Gasteiger partial charge on any atom is -0.494 e. The summed E-state index contributed by atoms with van der Waals surface area (Å²) in [5.74, 6) is -1.01. The molecule has 45 heavy (non-hydrogen) atoms. The number of aryl methyl sites for hydroxylation is 2. The van der Waals surface area contributed by atoms with Gasteiger partial charge < -0.3 is 15.4 Å². The second kappa shape index (κ2) is 13.1. The molecule has 6 rings (SSSR count). The van der Waals surface area contributed by atoms with Gasteiger partial charge in [0.15, 0.2) is 28.7 Å². The Bertz CT molecular complexity index is 1990. The van der Waals surface area contributed by atoms with Crippen LogP contribution in [0.4, 0.5) is 20.3 Å². The van der Waals surface area contributed by atoms with Crippen LogP contribution in [0.2, 0.25) is 0 Å². The standard InChI is InChI=1S/C33H32F2N8O2/c1-3-21-19-22(11-12-23(21)33(44)37-15-7-4-5-9-27-40-41-28-10-6-8-17-43(27)28)39-31-32-38-20-25(42(32)18-16-36-31)24-13-14-26(45-2)30(35)29(24)34/h6,8,10-14,16-20H,3-5,7,9,15H2,1-2H3,(H,36,39)(H,37,44). The fourth-order valence-electron chi connectivity index (χ4n) is 5.36. The van der Waals surface area contributed by atoms with Crippen molar-refractivity contribution < 1.29 is 18.3 Å². The number of fused-ring (bicyclic) bond motifs is 2. The molecule has 2 N–H and O–H groups in total. The van der Waals surface area contributed by atoms with E-state index in [0.717, 1.165) is 48.4 Å². The van der Waals surface area contributed by atoms with Crippen LogP contribution < -0.4 is 15.4 Å². The van der Waals surface area contributed by atoms with E-state index in [1.807, 2.05) is 47.9 Å². The Morgan fingerprint density at radius 3 is 2.69 bits per heavy atom. The summed E-state index contributed by atoms with van der Waals surface area (Å²) in [6.07, 6.45) is 10.9. The van der Waals surface area contributed by atoms with Gasteiger partial charge in [0, 0.05) is 48.4 Å². The van der Waals surface area contributed by atoms with Crippen molar-refractivity contribution in [3.8, 4) is 17.0 Å². The zero-order valence-electron chi connectivity index (χ0n) is 24.9. The molecular weight excluding hydrogens is 578 g/mol. The molecule has 0 aliphatic carbocycles. The molecule has 0 aliphatic rings. The first kappa shape index (κ1) is 29.7. The predicted octanol–water partition coefficient (Wildman–Crippen LogP) is 6.17. The normalized spacial score (nSPS) is 11.3. The van der Waals surface area contributed by atoms with Gasteiger partial charge in [-0.1, -0.05) is 19.4 Å². The summed E-state index contributed by atoms with van der Waals surface area (Å²) in [5, 5.41) is 14.8. The van der Waals surface area contributed by atoms with E-state index in [0.29, 0.717) is 35.7 Å². The molecule has 12 heteroatoms. The van der Waals surface area contributed by atoms with Gasteiger partial charge >= 0.3 is 0 Å². The molecule has 0 fully saturated rings. The smallest absolute Gasteiger partial charge is 0.251 e. The van der Waals surface area contributed by atoms with Crippen LogP contribution in [0, 0.1) is 11.6 Å². The van der Waals surface area contributed by atoms with E-state index in [1.54, 1.807) is 22.9 Å². The first-order valence-electron chi connectivity index (χ1n) is 14.8. The van der Waals surface area contributed by atoms with Crippen molar-refractivity contribution in [2.75, 3.05) is 19.0 Å². The second-order valence-electron chi connectivity index (χ2n) is 10.5. The highest BCUT2D eigenvalue weighted by molar-refractivity contribution is 5.96. The lowest BCUT2D eigenvalue weighted by atomic mass is 10.0. The molecule has 0 saturated heterocycles. The number of hydrogen-bond acceptors (Lipinski definition) is 7. The van der Waals surface area contributed by atoms with Crippen LogP contribution in [0.15, 0.2) is 73.3 Å². The van der Waals surface area contributed by atoms with Crippen molar-refractivity contribution >= 4 is 28.7 Å². The third-order valence-corrected chi connectivity index (χ3v) is 7.71. The van der Waals surface area contributed by atoms with Crippen molar-refractivity contribution in [1.29, 1.82) is 0 Å². The Balaban J connectivity index is 1.08. The molecule has 1 amide bonds. The topological polar surface area (TPSA) is 111 Å². The summed E-state index contributed by atoms with van der Waals surface area (Å²) in [6, 6.07) is 14.2. The number of ether oxygens (including phenoxy) is 1. The number of unbranched alkanes of at least 4 members (excludes halogenated alkanes) is 2. The molecule has 4 aromatic heterocycles. The van der Waals surface area contributed by atoms with Crippen LogP contribution in [0.3, 0.4) is 0 Å². The maximum atomic E-state index is 14.8. The van der Waals surface area contributed by atoms with Gasteiger partial charge in [-0.25, -0.2) is 14.4 Å². The Labute approximate surface area is 258 Å². The minimum atomic E-state index is -1.06. The number of carbonyl (C=O) groups excluding carboxylic acids is 1. The zero-order chi connectivity index (χ0) is 31.3. The number of hydrogen-bond donors (Lipinski definition) is 2. The molecule has 0 radical (unpaired) electrons. The first-order chi connectivity index (χ1) is 22.0.